The largest absolute Gasteiger partial charge is 0.508 e. The lowest BCUT2D eigenvalue weighted by Crippen LogP contribution is -2.41. The first-order valence-corrected chi connectivity index (χ1v) is 5.71. The predicted octanol–water partition coefficient (Wildman–Crippen LogP) is 1.94. The highest BCUT2D eigenvalue weighted by Gasteiger charge is 2.17. The molecule has 0 aromatic heterocycles. The molecular formula is C13H19NO3. The van der Waals surface area contributed by atoms with Gasteiger partial charge in [-0.25, -0.2) is 0 Å². The van der Waals surface area contributed by atoms with E-state index < -0.39 is 0 Å². The fourth-order valence-electron chi connectivity index (χ4n) is 1.72. The Bertz CT molecular complexity index is 357. The Kier molecular flexibility index (Phi) is 4.97. The molecule has 2 atom stereocenters. The van der Waals surface area contributed by atoms with E-state index in [0.29, 0.717) is 5.56 Å². The summed E-state index contributed by atoms with van der Waals surface area (Å²) >= 11 is 0. The molecule has 2 N–H and O–H groups in total. The summed E-state index contributed by atoms with van der Waals surface area (Å²) in [5, 5.41) is 12.0. The molecule has 0 saturated carbocycles. The van der Waals surface area contributed by atoms with Gasteiger partial charge in [-0.15, -0.1) is 0 Å². The van der Waals surface area contributed by atoms with Crippen LogP contribution in [0.25, 0.3) is 0 Å². The lowest BCUT2D eigenvalue weighted by molar-refractivity contribution is 0.0628. The average Bonchev–Trinajstić information content (AvgIpc) is 2.31. The summed E-state index contributed by atoms with van der Waals surface area (Å²) in [5.74, 6) is -0.00840. The minimum Gasteiger partial charge on any atom is -0.508 e. The molecule has 0 radical (unpaired) electrons. The molecule has 0 aliphatic carbocycles. The summed E-state index contributed by atoms with van der Waals surface area (Å²) in [5.41, 5.74) is 0.528. The summed E-state index contributed by atoms with van der Waals surface area (Å²) in [6, 6.07) is 6.11. The molecule has 0 aliphatic rings. The van der Waals surface area contributed by atoms with Gasteiger partial charge in [0.25, 0.3) is 5.91 Å². The van der Waals surface area contributed by atoms with Crippen molar-refractivity contribution in [1.82, 2.24) is 5.32 Å². The molecule has 4 nitrogen and oxygen atoms in total. The van der Waals surface area contributed by atoms with E-state index in [-0.39, 0.29) is 23.8 Å². The van der Waals surface area contributed by atoms with Gasteiger partial charge in [0.15, 0.2) is 0 Å². The molecule has 1 rings (SSSR count). The van der Waals surface area contributed by atoms with Crippen LogP contribution in [0.15, 0.2) is 24.3 Å². The number of phenolic OH excluding ortho intramolecular Hbond substituents is 1. The number of carbonyl (C=O) groups is 1. The first kappa shape index (κ1) is 13.5. The highest BCUT2D eigenvalue weighted by Crippen LogP contribution is 2.10. The molecule has 1 amide bonds. The van der Waals surface area contributed by atoms with E-state index in [1.807, 2.05) is 13.8 Å². The van der Waals surface area contributed by atoms with E-state index in [9.17, 15) is 4.79 Å². The zero-order chi connectivity index (χ0) is 12.8. The van der Waals surface area contributed by atoms with Crippen molar-refractivity contribution in [2.45, 2.75) is 32.4 Å². The van der Waals surface area contributed by atoms with Gasteiger partial charge in [0.1, 0.15) is 5.75 Å². The van der Waals surface area contributed by atoms with E-state index >= 15 is 0 Å². The number of amides is 1. The normalized spacial score (nSPS) is 14.1. The maximum atomic E-state index is 11.9. The number of carbonyl (C=O) groups excluding carboxylic acids is 1. The molecule has 1 aromatic rings. The fourth-order valence-corrected chi connectivity index (χ4v) is 1.72. The number of benzene rings is 1. The van der Waals surface area contributed by atoms with E-state index in [4.69, 9.17) is 9.84 Å². The SMILES string of the molecule is CCC(OC)C(C)NC(=O)c1ccc(O)cc1. The molecule has 0 saturated heterocycles. The molecule has 1 aromatic carbocycles. The van der Waals surface area contributed by atoms with Crippen molar-refractivity contribution < 1.29 is 14.6 Å². The monoisotopic (exact) mass is 237 g/mol. The van der Waals surface area contributed by atoms with Gasteiger partial charge in [-0.05, 0) is 37.6 Å². The van der Waals surface area contributed by atoms with Crippen LogP contribution in [-0.2, 0) is 4.74 Å². The number of hydrogen-bond donors (Lipinski definition) is 2. The first-order chi connectivity index (χ1) is 8.08. The second kappa shape index (κ2) is 6.25. The van der Waals surface area contributed by atoms with Crippen molar-refractivity contribution in [2.24, 2.45) is 0 Å². The minimum absolute atomic E-state index is 0.0102. The Morgan fingerprint density at radius 2 is 2.00 bits per heavy atom. The van der Waals surface area contributed by atoms with Gasteiger partial charge in [-0.3, -0.25) is 4.79 Å². The van der Waals surface area contributed by atoms with Crippen molar-refractivity contribution in [3.63, 3.8) is 0 Å². The van der Waals surface area contributed by atoms with E-state index in [1.54, 1.807) is 19.2 Å². The molecule has 0 spiro atoms. The van der Waals surface area contributed by atoms with Gasteiger partial charge in [-0.1, -0.05) is 6.92 Å². The Hall–Kier alpha value is -1.55. The number of phenols is 1. The number of hydrogen-bond acceptors (Lipinski definition) is 3. The van der Waals surface area contributed by atoms with Gasteiger partial charge < -0.3 is 15.2 Å². The molecule has 0 bridgehead atoms. The Morgan fingerprint density at radius 1 is 1.41 bits per heavy atom. The Morgan fingerprint density at radius 3 is 2.47 bits per heavy atom. The van der Waals surface area contributed by atoms with Crippen LogP contribution < -0.4 is 5.32 Å². The summed E-state index contributed by atoms with van der Waals surface area (Å²) in [4.78, 5) is 11.9. The van der Waals surface area contributed by atoms with Gasteiger partial charge in [0, 0.05) is 12.7 Å². The van der Waals surface area contributed by atoms with Crippen LogP contribution >= 0.6 is 0 Å². The molecule has 4 heteroatoms. The maximum absolute atomic E-state index is 11.9. The lowest BCUT2D eigenvalue weighted by Gasteiger charge is -2.22. The highest BCUT2D eigenvalue weighted by molar-refractivity contribution is 5.94. The summed E-state index contributed by atoms with van der Waals surface area (Å²) in [7, 11) is 1.64. The Balaban J connectivity index is 2.62. The molecule has 2 unspecified atom stereocenters. The second-order valence-corrected chi connectivity index (χ2v) is 3.99. The summed E-state index contributed by atoms with van der Waals surface area (Å²) in [6.07, 6.45) is 0.851. The van der Waals surface area contributed by atoms with Gasteiger partial charge in [0.2, 0.25) is 0 Å². The zero-order valence-electron chi connectivity index (χ0n) is 10.4. The van der Waals surface area contributed by atoms with E-state index in [2.05, 4.69) is 5.32 Å². The number of methoxy groups -OCH3 is 1. The van der Waals surface area contributed by atoms with Crippen LogP contribution in [0.1, 0.15) is 30.6 Å². The Labute approximate surface area is 102 Å². The van der Waals surface area contributed by atoms with Crippen molar-refractivity contribution in [3.05, 3.63) is 29.8 Å². The minimum atomic E-state index is -0.159. The maximum Gasteiger partial charge on any atom is 0.251 e. The van der Waals surface area contributed by atoms with Crippen LogP contribution in [0.4, 0.5) is 0 Å². The van der Waals surface area contributed by atoms with Gasteiger partial charge in [-0.2, -0.15) is 0 Å². The lowest BCUT2D eigenvalue weighted by atomic mass is 10.1. The number of nitrogens with one attached hydrogen (secondary N) is 1. The van der Waals surface area contributed by atoms with Crippen LogP contribution in [0.5, 0.6) is 5.75 Å². The van der Waals surface area contributed by atoms with Crippen LogP contribution in [0, 0.1) is 0 Å². The second-order valence-electron chi connectivity index (χ2n) is 3.99. The van der Waals surface area contributed by atoms with Crippen molar-refractivity contribution in [2.75, 3.05) is 7.11 Å². The summed E-state index contributed by atoms with van der Waals surface area (Å²) in [6.45, 7) is 3.92. The van der Waals surface area contributed by atoms with Crippen molar-refractivity contribution in [3.8, 4) is 5.75 Å². The standard InChI is InChI=1S/C13H19NO3/c1-4-12(17-3)9(2)14-13(16)10-5-7-11(15)8-6-10/h5-9,12,15H,4H2,1-3H3,(H,14,16). The molecule has 17 heavy (non-hydrogen) atoms. The number of aromatic hydroxyl groups is 1. The molecule has 0 aliphatic heterocycles. The third-order valence-electron chi connectivity index (χ3n) is 2.75. The first-order valence-electron chi connectivity index (χ1n) is 5.71. The highest BCUT2D eigenvalue weighted by atomic mass is 16.5. The number of ether oxygens (including phenoxy) is 1. The van der Waals surface area contributed by atoms with Crippen LogP contribution in [-0.4, -0.2) is 30.3 Å². The third-order valence-corrected chi connectivity index (χ3v) is 2.75. The fraction of sp³-hybridized carbons (Fsp3) is 0.462. The third kappa shape index (κ3) is 3.75. The smallest absolute Gasteiger partial charge is 0.251 e. The van der Waals surface area contributed by atoms with E-state index in [0.717, 1.165) is 6.42 Å². The van der Waals surface area contributed by atoms with Gasteiger partial charge >= 0.3 is 0 Å². The molecule has 94 valence electrons. The van der Waals surface area contributed by atoms with Crippen LogP contribution in [0.2, 0.25) is 0 Å². The zero-order valence-corrected chi connectivity index (χ0v) is 10.4. The topological polar surface area (TPSA) is 58.6 Å². The van der Waals surface area contributed by atoms with Gasteiger partial charge in [0.05, 0.1) is 12.1 Å². The molecule has 0 heterocycles. The number of rotatable bonds is 5. The van der Waals surface area contributed by atoms with Crippen molar-refractivity contribution in [1.29, 1.82) is 0 Å². The quantitative estimate of drug-likeness (QED) is 0.822. The summed E-state index contributed by atoms with van der Waals surface area (Å²) < 4.78 is 5.26. The van der Waals surface area contributed by atoms with Crippen molar-refractivity contribution >= 4 is 5.91 Å². The van der Waals surface area contributed by atoms with Crippen LogP contribution in [0.3, 0.4) is 0 Å². The average molecular weight is 237 g/mol. The molecule has 0 fully saturated rings. The predicted molar refractivity (Wildman–Crippen MR) is 66.1 cm³/mol. The van der Waals surface area contributed by atoms with E-state index in [1.165, 1.54) is 12.1 Å². The molecular weight excluding hydrogens is 218 g/mol.